The van der Waals surface area contributed by atoms with Crippen molar-refractivity contribution in [2.75, 3.05) is 27.2 Å². The lowest BCUT2D eigenvalue weighted by molar-refractivity contribution is -0.128. The molecule has 94 valence electrons. The van der Waals surface area contributed by atoms with Gasteiger partial charge in [0.1, 0.15) is 0 Å². The molecule has 0 bridgehead atoms. The smallest absolute Gasteiger partial charge is 0.253 e. The van der Waals surface area contributed by atoms with E-state index in [1.54, 1.807) is 0 Å². The number of carbonyl (C=O) groups excluding carboxylic acids is 1. The Kier molecular flexibility index (Phi) is 4.00. The number of carbonyl (C=O) groups is 1. The highest BCUT2D eigenvalue weighted by Crippen LogP contribution is 2.18. The van der Waals surface area contributed by atoms with E-state index in [9.17, 15) is 4.79 Å². The van der Waals surface area contributed by atoms with Crippen LogP contribution in [0.4, 0.5) is 0 Å². The molecule has 17 heavy (non-hydrogen) atoms. The third kappa shape index (κ3) is 2.97. The topological polar surface area (TPSA) is 23.6 Å². The van der Waals surface area contributed by atoms with Gasteiger partial charge in [-0.25, -0.2) is 0 Å². The number of likely N-dealkylation sites (tertiary alicyclic amines) is 1. The molecule has 1 aliphatic heterocycles. The van der Waals surface area contributed by atoms with E-state index in [0.717, 1.165) is 44.3 Å². The average Bonchev–Trinajstić information content (AvgIpc) is 2.39. The minimum Gasteiger partial charge on any atom is -0.339 e. The summed E-state index contributed by atoms with van der Waals surface area (Å²) in [5.74, 6) is 0.190. The molecule has 0 aromatic rings. The lowest BCUT2D eigenvalue weighted by atomic mass is 10.0. The highest BCUT2D eigenvalue weighted by Gasteiger charge is 2.25. The summed E-state index contributed by atoms with van der Waals surface area (Å²) in [7, 11) is 4.09. The zero-order chi connectivity index (χ0) is 12.3. The van der Waals surface area contributed by atoms with Crippen LogP contribution in [0.15, 0.2) is 23.8 Å². The number of nitrogens with zero attached hydrogens (tertiary/aromatic N) is 2. The van der Waals surface area contributed by atoms with Crippen molar-refractivity contribution in [3.8, 4) is 0 Å². The van der Waals surface area contributed by atoms with Crippen molar-refractivity contribution in [3.05, 3.63) is 23.8 Å². The first-order valence-electron chi connectivity index (χ1n) is 6.51. The van der Waals surface area contributed by atoms with Crippen molar-refractivity contribution in [2.24, 2.45) is 0 Å². The molecule has 0 radical (unpaired) electrons. The SMILES string of the molecule is CN1CCC(N(C)C(=O)C2=CCCC=C2)CC1. The molecule has 0 atom stereocenters. The molecule has 0 spiro atoms. The van der Waals surface area contributed by atoms with Gasteiger partial charge in [-0.3, -0.25) is 4.79 Å². The predicted molar refractivity (Wildman–Crippen MR) is 69.7 cm³/mol. The minimum absolute atomic E-state index is 0.190. The van der Waals surface area contributed by atoms with Crippen molar-refractivity contribution in [1.29, 1.82) is 0 Å². The second-order valence-corrected chi connectivity index (χ2v) is 5.09. The van der Waals surface area contributed by atoms with Crippen LogP contribution in [0, 0.1) is 0 Å². The van der Waals surface area contributed by atoms with Crippen LogP contribution in [-0.4, -0.2) is 48.9 Å². The van der Waals surface area contributed by atoms with Gasteiger partial charge in [0.05, 0.1) is 0 Å². The van der Waals surface area contributed by atoms with Gasteiger partial charge < -0.3 is 9.80 Å². The summed E-state index contributed by atoms with van der Waals surface area (Å²) < 4.78 is 0. The Morgan fingerprint density at radius 2 is 2.06 bits per heavy atom. The maximum Gasteiger partial charge on any atom is 0.253 e. The number of rotatable bonds is 2. The van der Waals surface area contributed by atoms with Gasteiger partial charge >= 0.3 is 0 Å². The lowest BCUT2D eigenvalue weighted by Gasteiger charge is -2.35. The normalized spacial score (nSPS) is 22.4. The van der Waals surface area contributed by atoms with Gasteiger partial charge in [0.15, 0.2) is 0 Å². The van der Waals surface area contributed by atoms with Gasteiger partial charge in [-0.1, -0.05) is 18.2 Å². The standard InChI is InChI=1S/C14H22N2O/c1-15-10-8-13(9-11-15)16(2)14(17)12-6-4-3-5-7-12/h4,6-7,13H,3,5,8-11H2,1-2H3. The first-order chi connectivity index (χ1) is 8.18. The fraction of sp³-hybridized carbons (Fsp3) is 0.643. The van der Waals surface area contributed by atoms with Crippen molar-refractivity contribution in [1.82, 2.24) is 9.80 Å². The van der Waals surface area contributed by atoms with Crippen molar-refractivity contribution in [2.45, 2.75) is 31.7 Å². The van der Waals surface area contributed by atoms with E-state index in [-0.39, 0.29) is 5.91 Å². The van der Waals surface area contributed by atoms with Crippen LogP contribution in [-0.2, 0) is 4.79 Å². The largest absolute Gasteiger partial charge is 0.339 e. The number of hydrogen-bond donors (Lipinski definition) is 0. The molecule has 0 saturated carbocycles. The van der Waals surface area contributed by atoms with Crippen LogP contribution in [0.1, 0.15) is 25.7 Å². The lowest BCUT2D eigenvalue weighted by Crippen LogP contribution is -2.44. The molecule has 2 aliphatic rings. The van der Waals surface area contributed by atoms with Gasteiger partial charge in [0.25, 0.3) is 5.91 Å². The van der Waals surface area contributed by atoms with Gasteiger partial charge in [-0.2, -0.15) is 0 Å². The Bertz CT molecular complexity index is 338. The molecule has 0 N–H and O–H groups in total. The molecule has 1 fully saturated rings. The number of allylic oxidation sites excluding steroid dienone is 2. The van der Waals surface area contributed by atoms with E-state index in [2.05, 4.69) is 24.1 Å². The molecular weight excluding hydrogens is 212 g/mol. The first kappa shape index (κ1) is 12.4. The van der Waals surface area contributed by atoms with Crippen LogP contribution in [0.25, 0.3) is 0 Å². The van der Waals surface area contributed by atoms with Crippen molar-refractivity contribution in [3.63, 3.8) is 0 Å². The molecule has 1 aliphatic carbocycles. The average molecular weight is 234 g/mol. The van der Waals surface area contributed by atoms with Gasteiger partial charge in [0.2, 0.25) is 0 Å². The van der Waals surface area contributed by atoms with Crippen molar-refractivity contribution < 1.29 is 4.79 Å². The Morgan fingerprint density at radius 1 is 1.35 bits per heavy atom. The Balaban J connectivity index is 1.95. The van der Waals surface area contributed by atoms with Gasteiger partial charge in [-0.15, -0.1) is 0 Å². The molecule has 0 unspecified atom stereocenters. The van der Waals surface area contributed by atoms with Crippen molar-refractivity contribution >= 4 is 5.91 Å². The summed E-state index contributed by atoms with van der Waals surface area (Å²) in [6.45, 7) is 2.19. The molecule has 0 aromatic heterocycles. The Labute approximate surface area is 104 Å². The van der Waals surface area contributed by atoms with Crippen LogP contribution < -0.4 is 0 Å². The molecule has 1 amide bonds. The predicted octanol–water partition coefficient (Wildman–Crippen LogP) is 1.82. The maximum absolute atomic E-state index is 12.3. The summed E-state index contributed by atoms with van der Waals surface area (Å²) in [5, 5.41) is 0. The first-order valence-corrected chi connectivity index (χ1v) is 6.51. The Hall–Kier alpha value is -1.09. The third-order valence-corrected chi connectivity index (χ3v) is 3.80. The monoisotopic (exact) mass is 234 g/mol. The second kappa shape index (κ2) is 5.50. The molecule has 0 aromatic carbocycles. The van der Waals surface area contributed by atoms with Crippen LogP contribution in [0.5, 0.6) is 0 Å². The molecule has 3 nitrogen and oxygen atoms in total. The molecular formula is C14H22N2O. The summed E-state index contributed by atoms with van der Waals surface area (Å²) in [6.07, 6.45) is 10.4. The van der Waals surface area contributed by atoms with Crippen LogP contribution in [0.2, 0.25) is 0 Å². The van der Waals surface area contributed by atoms with E-state index in [0.29, 0.717) is 6.04 Å². The molecule has 1 saturated heterocycles. The fourth-order valence-corrected chi connectivity index (χ4v) is 2.52. The van der Waals surface area contributed by atoms with Crippen LogP contribution >= 0.6 is 0 Å². The highest BCUT2D eigenvalue weighted by molar-refractivity contribution is 5.96. The zero-order valence-corrected chi connectivity index (χ0v) is 10.9. The number of piperidine rings is 1. The molecule has 3 heteroatoms. The maximum atomic E-state index is 12.3. The fourth-order valence-electron chi connectivity index (χ4n) is 2.52. The molecule has 1 heterocycles. The van der Waals surface area contributed by atoms with Crippen LogP contribution in [0.3, 0.4) is 0 Å². The van der Waals surface area contributed by atoms with E-state index in [4.69, 9.17) is 0 Å². The minimum atomic E-state index is 0.190. The summed E-state index contributed by atoms with van der Waals surface area (Å²) in [5.41, 5.74) is 0.873. The zero-order valence-electron chi connectivity index (χ0n) is 10.9. The third-order valence-electron chi connectivity index (χ3n) is 3.80. The van der Waals surface area contributed by atoms with E-state index in [1.807, 2.05) is 18.0 Å². The Morgan fingerprint density at radius 3 is 2.65 bits per heavy atom. The van der Waals surface area contributed by atoms with Gasteiger partial charge in [0, 0.05) is 18.7 Å². The summed E-state index contributed by atoms with van der Waals surface area (Å²) in [6, 6.07) is 0.412. The molecule has 2 rings (SSSR count). The van der Waals surface area contributed by atoms with Gasteiger partial charge in [-0.05, 0) is 45.8 Å². The quantitative estimate of drug-likeness (QED) is 0.727. The van der Waals surface area contributed by atoms with E-state index < -0.39 is 0 Å². The summed E-state index contributed by atoms with van der Waals surface area (Å²) in [4.78, 5) is 16.5. The number of hydrogen-bond acceptors (Lipinski definition) is 2. The number of amides is 1. The highest BCUT2D eigenvalue weighted by atomic mass is 16.2. The second-order valence-electron chi connectivity index (χ2n) is 5.09. The van der Waals surface area contributed by atoms with E-state index >= 15 is 0 Å². The summed E-state index contributed by atoms with van der Waals surface area (Å²) >= 11 is 0. The number of likely N-dealkylation sites (N-methyl/N-ethyl adjacent to an activating group) is 1. The van der Waals surface area contributed by atoms with E-state index in [1.165, 1.54) is 0 Å².